The van der Waals surface area contributed by atoms with E-state index in [2.05, 4.69) is 5.32 Å². The second kappa shape index (κ2) is 5.34. The van der Waals surface area contributed by atoms with Gasteiger partial charge in [0.05, 0.1) is 4.92 Å². The first-order valence-corrected chi connectivity index (χ1v) is 5.64. The van der Waals surface area contributed by atoms with Crippen molar-refractivity contribution >= 4 is 0 Å². The molecule has 0 atom stereocenters. The van der Waals surface area contributed by atoms with Gasteiger partial charge in [-0.25, -0.2) is 0 Å². The second-order valence-electron chi connectivity index (χ2n) is 3.99. The van der Waals surface area contributed by atoms with Crippen LogP contribution in [0.4, 0.5) is 0 Å². The summed E-state index contributed by atoms with van der Waals surface area (Å²) in [4.78, 5) is 12.1. The van der Waals surface area contributed by atoms with Crippen LogP contribution in [0, 0.1) is 10.1 Å². The fraction of sp³-hybridized carbons (Fsp3) is 0.333. The molecular formula is C12H15N3O2. The summed E-state index contributed by atoms with van der Waals surface area (Å²) < 4.78 is 0. The van der Waals surface area contributed by atoms with Gasteiger partial charge in [0.2, 0.25) is 0 Å². The Morgan fingerprint density at radius 1 is 1.41 bits per heavy atom. The third kappa shape index (κ3) is 3.21. The molecule has 1 saturated heterocycles. The molecule has 0 bridgehead atoms. The van der Waals surface area contributed by atoms with Gasteiger partial charge >= 0.3 is 0 Å². The maximum atomic E-state index is 10.5. The summed E-state index contributed by atoms with van der Waals surface area (Å²) in [7, 11) is 0. The van der Waals surface area contributed by atoms with E-state index in [-0.39, 0.29) is 0 Å². The lowest BCUT2D eigenvalue weighted by Crippen LogP contribution is -2.39. The van der Waals surface area contributed by atoms with E-state index in [1.165, 1.54) is 0 Å². The Kier molecular flexibility index (Phi) is 3.59. The van der Waals surface area contributed by atoms with Crippen LogP contribution in [0.1, 0.15) is 12.0 Å². The molecule has 1 N–H and O–H groups in total. The molecule has 1 aromatic rings. The Morgan fingerprint density at radius 3 is 2.88 bits per heavy atom. The topological polar surface area (TPSA) is 58.4 Å². The molecule has 1 aromatic carbocycles. The minimum atomic E-state index is -0.411. The lowest BCUT2D eigenvalue weighted by Gasteiger charge is -2.30. The summed E-state index contributed by atoms with van der Waals surface area (Å²) in [5.74, 6) is 0.602. The summed E-state index contributed by atoms with van der Waals surface area (Å²) in [6, 6.07) is 9.97. The molecule has 17 heavy (non-hydrogen) atoms. The number of hydrogen-bond acceptors (Lipinski definition) is 4. The Labute approximate surface area is 99.9 Å². The Bertz CT molecular complexity index is 417. The van der Waals surface area contributed by atoms with Gasteiger partial charge in [0.15, 0.2) is 5.82 Å². The highest BCUT2D eigenvalue weighted by Crippen LogP contribution is 2.13. The molecule has 1 heterocycles. The monoisotopic (exact) mass is 233 g/mol. The summed E-state index contributed by atoms with van der Waals surface area (Å²) in [5.41, 5.74) is 1.16. The smallest absolute Gasteiger partial charge is 0.274 e. The lowest BCUT2D eigenvalue weighted by atomic mass is 10.2. The van der Waals surface area contributed by atoms with Crippen LogP contribution in [-0.2, 0) is 6.54 Å². The molecule has 2 rings (SSSR count). The molecule has 90 valence electrons. The molecule has 1 aliphatic heterocycles. The Morgan fingerprint density at radius 2 is 2.18 bits per heavy atom. The summed E-state index contributed by atoms with van der Waals surface area (Å²) in [6.07, 6.45) is 2.05. The Hall–Kier alpha value is -2.04. The highest BCUT2D eigenvalue weighted by Gasteiger charge is 2.17. The van der Waals surface area contributed by atoms with Crippen LogP contribution in [0.3, 0.4) is 0 Å². The van der Waals surface area contributed by atoms with Crippen molar-refractivity contribution in [2.75, 3.05) is 13.1 Å². The van der Waals surface area contributed by atoms with Crippen LogP contribution in [-0.4, -0.2) is 22.9 Å². The van der Waals surface area contributed by atoms with Gasteiger partial charge in [-0.3, -0.25) is 10.1 Å². The quantitative estimate of drug-likeness (QED) is 0.635. The van der Waals surface area contributed by atoms with E-state index in [4.69, 9.17) is 0 Å². The third-order valence-electron chi connectivity index (χ3n) is 2.70. The highest BCUT2D eigenvalue weighted by molar-refractivity contribution is 5.16. The molecule has 0 aromatic heterocycles. The minimum absolute atomic E-state index is 0.411. The molecule has 5 nitrogen and oxygen atoms in total. The van der Waals surface area contributed by atoms with Crippen molar-refractivity contribution in [3.63, 3.8) is 0 Å². The predicted molar refractivity (Wildman–Crippen MR) is 64.5 cm³/mol. The van der Waals surface area contributed by atoms with E-state index >= 15 is 0 Å². The summed E-state index contributed by atoms with van der Waals surface area (Å²) >= 11 is 0. The van der Waals surface area contributed by atoms with E-state index in [1.54, 1.807) is 0 Å². The van der Waals surface area contributed by atoms with Gasteiger partial charge in [-0.05, 0) is 12.0 Å². The third-order valence-corrected chi connectivity index (χ3v) is 2.70. The van der Waals surface area contributed by atoms with Crippen LogP contribution in [0.2, 0.25) is 0 Å². The van der Waals surface area contributed by atoms with Gasteiger partial charge in [-0.2, -0.15) is 0 Å². The largest absolute Gasteiger partial charge is 0.367 e. The minimum Gasteiger partial charge on any atom is -0.367 e. The van der Waals surface area contributed by atoms with Crippen molar-refractivity contribution in [1.82, 2.24) is 10.2 Å². The number of rotatable bonds is 3. The standard InChI is InChI=1S/C12H15N3O2/c16-15(17)10-12-13-7-4-8-14(12)9-11-5-2-1-3-6-11/h1-3,5-6,10,13H,4,7-9H2/b12-10+. The maximum Gasteiger partial charge on any atom is 0.274 e. The normalized spacial score (nSPS) is 17.9. The number of nitro groups is 1. The fourth-order valence-electron chi connectivity index (χ4n) is 1.91. The van der Waals surface area contributed by atoms with Crippen LogP contribution in [0.25, 0.3) is 0 Å². The van der Waals surface area contributed by atoms with E-state index in [0.717, 1.165) is 31.3 Å². The highest BCUT2D eigenvalue weighted by atomic mass is 16.6. The van der Waals surface area contributed by atoms with Crippen molar-refractivity contribution in [3.8, 4) is 0 Å². The van der Waals surface area contributed by atoms with E-state index in [9.17, 15) is 10.1 Å². The zero-order chi connectivity index (χ0) is 12.1. The molecule has 0 saturated carbocycles. The van der Waals surface area contributed by atoms with Gasteiger partial charge in [0.1, 0.15) is 0 Å². The molecule has 0 spiro atoms. The first-order chi connectivity index (χ1) is 8.25. The number of nitrogens with one attached hydrogen (secondary N) is 1. The van der Waals surface area contributed by atoms with Crippen LogP contribution in [0.5, 0.6) is 0 Å². The predicted octanol–water partition coefficient (Wildman–Crippen LogP) is 1.56. The first kappa shape index (κ1) is 11.4. The second-order valence-corrected chi connectivity index (χ2v) is 3.99. The zero-order valence-electron chi connectivity index (χ0n) is 9.50. The van der Waals surface area contributed by atoms with Gasteiger partial charge in [-0.1, -0.05) is 30.3 Å². The van der Waals surface area contributed by atoms with E-state index < -0.39 is 4.92 Å². The van der Waals surface area contributed by atoms with Gasteiger partial charge in [0, 0.05) is 19.6 Å². The molecule has 0 amide bonds. The van der Waals surface area contributed by atoms with Gasteiger partial charge in [-0.15, -0.1) is 0 Å². The van der Waals surface area contributed by atoms with E-state index in [1.807, 2.05) is 35.2 Å². The number of hydrogen-bond donors (Lipinski definition) is 1. The van der Waals surface area contributed by atoms with Crippen LogP contribution in [0.15, 0.2) is 42.4 Å². The summed E-state index contributed by atoms with van der Waals surface area (Å²) in [5, 5.41) is 13.6. The molecule has 5 heteroatoms. The molecular weight excluding hydrogens is 218 g/mol. The average molecular weight is 233 g/mol. The van der Waals surface area contributed by atoms with Gasteiger partial charge < -0.3 is 10.2 Å². The average Bonchev–Trinajstić information content (AvgIpc) is 2.32. The molecule has 1 aliphatic rings. The zero-order valence-corrected chi connectivity index (χ0v) is 9.50. The molecule has 0 aliphatic carbocycles. The van der Waals surface area contributed by atoms with Crippen LogP contribution < -0.4 is 5.32 Å². The van der Waals surface area contributed by atoms with Crippen molar-refractivity contribution < 1.29 is 4.92 Å². The first-order valence-electron chi connectivity index (χ1n) is 5.64. The van der Waals surface area contributed by atoms with Crippen LogP contribution >= 0.6 is 0 Å². The molecule has 0 unspecified atom stereocenters. The number of nitrogens with zero attached hydrogens (tertiary/aromatic N) is 2. The lowest BCUT2D eigenvalue weighted by molar-refractivity contribution is -0.405. The maximum absolute atomic E-state index is 10.5. The SMILES string of the molecule is O=[N+]([O-])/C=C1\NCCCN1Cc1ccccc1. The van der Waals surface area contributed by atoms with Gasteiger partial charge in [0.25, 0.3) is 6.20 Å². The van der Waals surface area contributed by atoms with Crippen molar-refractivity contribution in [2.24, 2.45) is 0 Å². The Balaban J connectivity index is 2.09. The van der Waals surface area contributed by atoms with Crippen molar-refractivity contribution in [2.45, 2.75) is 13.0 Å². The van der Waals surface area contributed by atoms with Crippen molar-refractivity contribution in [3.05, 3.63) is 58.0 Å². The van der Waals surface area contributed by atoms with E-state index in [0.29, 0.717) is 12.4 Å². The van der Waals surface area contributed by atoms with Crippen molar-refractivity contribution in [1.29, 1.82) is 0 Å². The fourth-order valence-corrected chi connectivity index (χ4v) is 1.91. The molecule has 0 radical (unpaired) electrons. The molecule has 1 fully saturated rings. The number of benzene rings is 1. The summed E-state index contributed by atoms with van der Waals surface area (Å²) in [6.45, 7) is 2.35.